The summed E-state index contributed by atoms with van der Waals surface area (Å²) in [7, 11) is 0. The van der Waals surface area contributed by atoms with Crippen LogP contribution in [0.5, 0.6) is 0 Å². The van der Waals surface area contributed by atoms with Crippen LogP contribution in [0.15, 0.2) is 38.7 Å². The second kappa shape index (κ2) is 4.14. The van der Waals surface area contributed by atoms with Crippen molar-refractivity contribution in [1.29, 1.82) is 0 Å². The number of rotatable bonds is 3. The Hall–Kier alpha value is -2.17. The average Bonchev–Trinajstić information content (AvgIpc) is 2.28. The quantitative estimate of drug-likeness (QED) is 0.482. The Morgan fingerprint density at radius 3 is 2.81 bits per heavy atom. The molecule has 2 aromatic rings. The Balaban J connectivity index is 2.56. The lowest BCUT2D eigenvalue weighted by Gasteiger charge is -2.06. The van der Waals surface area contributed by atoms with Gasteiger partial charge in [0.2, 0.25) is 0 Å². The first-order chi connectivity index (χ1) is 7.72. The molecule has 1 aromatic carbocycles. The van der Waals surface area contributed by atoms with E-state index in [4.69, 9.17) is 10.2 Å². The van der Waals surface area contributed by atoms with Crippen molar-refractivity contribution in [1.82, 2.24) is 0 Å². The van der Waals surface area contributed by atoms with Crippen molar-refractivity contribution in [2.45, 2.75) is 6.42 Å². The number of hydrogen-bond acceptors (Lipinski definition) is 5. The molecule has 1 aromatic heterocycles. The molecule has 0 unspecified atom stereocenters. The highest BCUT2D eigenvalue weighted by Gasteiger charge is 2.06. The van der Waals surface area contributed by atoms with Gasteiger partial charge in [-0.3, -0.25) is 0 Å². The number of hydrogen-bond donors (Lipinski definition) is 1. The monoisotopic (exact) mass is 218 g/mol. The minimum absolute atomic E-state index is 0.187. The molecule has 0 amide bonds. The van der Waals surface area contributed by atoms with Crippen molar-refractivity contribution in [2.24, 2.45) is 5.18 Å². The smallest absolute Gasteiger partial charge is 0.336 e. The van der Waals surface area contributed by atoms with Crippen molar-refractivity contribution in [2.75, 3.05) is 12.3 Å². The van der Waals surface area contributed by atoms with E-state index >= 15 is 0 Å². The molecule has 0 spiro atoms. The van der Waals surface area contributed by atoms with Crippen LogP contribution in [0.3, 0.4) is 0 Å². The molecular formula is C11H10N2O3. The lowest BCUT2D eigenvalue weighted by Crippen LogP contribution is -2.00. The summed E-state index contributed by atoms with van der Waals surface area (Å²) in [6.45, 7) is 0.187. The Morgan fingerprint density at radius 2 is 2.06 bits per heavy atom. The van der Waals surface area contributed by atoms with E-state index in [2.05, 4.69) is 5.18 Å². The molecule has 5 heteroatoms. The van der Waals surface area contributed by atoms with Crippen molar-refractivity contribution < 1.29 is 4.42 Å². The first kappa shape index (κ1) is 10.4. The first-order valence-corrected chi connectivity index (χ1v) is 4.82. The maximum Gasteiger partial charge on any atom is 0.336 e. The Morgan fingerprint density at radius 1 is 1.25 bits per heavy atom. The molecule has 0 saturated heterocycles. The van der Waals surface area contributed by atoms with Crippen molar-refractivity contribution in [3.05, 3.63) is 45.2 Å². The van der Waals surface area contributed by atoms with Gasteiger partial charge in [0.15, 0.2) is 0 Å². The van der Waals surface area contributed by atoms with Crippen LogP contribution >= 0.6 is 0 Å². The van der Waals surface area contributed by atoms with E-state index in [1.54, 1.807) is 18.2 Å². The first-order valence-electron chi connectivity index (χ1n) is 4.82. The van der Waals surface area contributed by atoms with Crippen LogP contribution in [0.2, 0.25) is 0 Å². The van der Waals surface area contributed by atoms with E-state index in [0.29, 0.717) is 23.1 Å². The molecule has 5 nitrogen and oxygen atoms in total. The molecule has 0 aliphatic heterocycles. The van der Waals surface area contributed by atoms with Gasteiger partial charge in [0.25, 0.3) is 0 Å². The molecule has 0 fully saturated rings. The summed E-state index contributed by atoms with van der Waals surface area (Å²) in [5, 5.41) is 3.47. The SMILES string of the molecule is Nc1c(CCN=O)ccc2oc(=O)ccc12. The maximum absolute atomic E-state index is 11.0. The second-order valence-corrected chi connectivity index (χ2v) is 3.41. The van der Waals surface area contributed by atoms with Gasteiger partial charge in [0.1, 0.15) is 5.58 Å². The largest absolute Gasteiger partial charge is 0.423 e. The number of fused-ring (bicyclic) bond motifs is 1. The predicted molar refractivity (Wildman–Crippen MR) is 61.3 cm³/mol. The third kappa shape index (κ3) is 1.79. The fraction of sp³-hybridized carbons (Fsp3) is 0.182. The van der Waals surface area contributed by atoms with Crippen LogP contribution in [0.4, 0.5) is 5.69 Å². The molecule has 1 heterocycles. The number of nitrogen functional groups attached to an aromatic ring is 1. The number of anilines is 1. The molecule has 0 aliphatic rings. The summed E-state index contributed by atoms with van der Waals surface area (Å²) in [6.07, 6.45) is 0.490. The van der Waals surface area contributed by atoms with Crippen LogP contribution in [0.25, 0.3) is 11.0 Å². The second-order valence-electron chi connectivity index (χ2n) is 3.41. The third-order valence-electron chi connectivity index (χ3n) is 2.41. The molecule has 82 valence electrons. The Labute approximate surface area is 90.8 Å². The zero-order valence-electron chi connectivity index (χ0n) is 8.47. The molecule has 16 heavy (non-hydrogen) atoms. The van der Waals surface area contributed by atoms with E-state index in [0.717, 1.165) is 5.56 Å². The number of nitroso groups, excluding NO2 is 1. The van der Waals surface area contributed by atoms with Crippen LogP contribution in [-0.2, 0) is 6.42 Å². The van der Waals surface area contributed by atoms with Gasteiger partial charge in [0.05, 0.1) is 6.54 Å². The molecule has 0 radical (unpaired) electrons. The zero-order valence-corrected chi connectivity index (χ0v) is 8.47. The lowest BCUT2D eigenvalue weighted by molar-refractivity contribution is 0.561. The molecule has 2 N–H and O–H groups in total. The molecular weight excluding hydrogens is 208 g/mol. The van der Waals surface area contributed by atoms with Gasteiger partial charge < -0.3 is 10.2 Å². The fourth-order valence-electron chi connectivity index (χ4n) is 1.60. The highest BCUT2D eigenvalue weighted by atomic mass is 16.4. The van der Waals surface area contributed by atoms with Gasteiger partial charge >= 0.3 is 5.63 Å². The Bertz CT molecular complexity index is 589. The summed E-state index contributed by atoms with van der Waals surface area (Å²) >= 11 is 0. The van der Waals surface area contributed by atoms with E-state index in [1.165, 1.54) is 6.07 Å². The fourth-order valence-corrected chi connectivity index (χ4v) is 1.60. The summed E-state index contributed by atoms with van der Waals surface area (Å²) < 4.78 is 4.98. The Kier molecular flexibility index (Phi) is 2.68. The normalized spacial score (nSPS) is 10.5. The highest BCUT2D eigenvalue weighted by molar-refractivity contribution is 5.90. The number of nitrogens with zero attached hydrogens (tertiary/aromatic N) is 1. The number of benzene rings is 1. The van der Waals surface area contributed by atoms with Crippen molar-refractivity contribution >= 4 is 16.7 Å². The lowest BCUT2D eigenvalue weighted by atomic mass is 10.1. The molecule has 0 saturated carbocycles. The molecule has 0 aliphatic carbocycles. The molecule has 0 atom stereocenters. The maximum atomic E-state index is 11.0. The van der Waals surface area contributed by atoms with Gasteiger partial charge in [-0.25, -0.2) is 4.79 Å². The van der Waals surface area contributed by atoms with Gasteiger partial charge in [-0.15, -0.1) is 0 Å². The topological polar surface area (TPSA) is 85.7 Å². The summed E-state index contributed by atoms with van der Waals surface area (Å²) in [5.74, 6) is 0. The third-order valence-corrected chi connectivity index (χ3v) is 2.41. The predicted octanol–water partition coefficient (Wildman–Crippen LogP) is 1.68. The number of nitrogens with two attached hydrogens (primary N) is 1. The van der Waals surface area contributed by atoms with Gasteiger partial charge in [-0.05, 0) is 24.1 Å². The summed E-state index contributed by atoms with van der Waals surface area (Å²) in [4.78, 5) is 21.0. The molecule has 0 bridgehead atoms. The van der Waals surface area contributed by atoms with Crippen LogP contribution < -0.4 is 11.4 Å². The minimum Gasteiger partial charge on any atom is -0.423 e. The van der Waals surface area contributed by atoms with Gasteiger partial charge in [0, 0.05) is 17.1 Å². The standard InChI is InChI=1S/C11H10N2O3/c12-11-7(5-6-13-15)1-3-9-8(11)2-4-10(14)16-9/h1-4H,5-6,12H2. The molecule has 2 rings (SSSR count). The van der Waals surface area contributed by atoms with Gasteiger partial charge in [-0.2, -0.15) is 4.91 Å². The average molecular weight is 218 g/mol. The van der Waals surface area contributed by atoms with E-state index in [-0.39, 0.29) is 6.54 Å². The van der Waals surface area contributed by atoms with E-state index in [1.807, 2.05) is 0 Å². The van der Waals surface area contributed by atoms with Crippen LogP contribution in [0, 0.1) is 4.91 Å². The minimum atomic E-state index is -0.408. The van der Waals surface area contributed by atoms with Crippen LogP contribution in [0.1, 0.15) is 5.56 Å². The van der Waals surface area contributed by atoms with E-state index < -0.39 is 5.63 Å². The van der Waals surface area contributed by atoms with E-state index in [9.17, 15) is 9.70 Å². The van der Waals surface area contributed by atoms with Crippen molar-refractivity contribution in [3.63, 3.8) is 0 Å². The zero-order chi connectivity index (χ0) is 11.5. The van der Waals surface area contributed by atoms with Crippen LogP contribution in [-0.4, -0.2) is 6.54 Å². The van der Waals surface area contributed by atoms with Crippen molar-refractivity contribution in [3.8, 4) is 0 Å². The summed E-state index contributed by atoms with van der Waals surface area (Å²) in [5.41, 5.74) is 7.31. The highest BCUT2D eigenvalue weighted by Crippen LogP contribution is 2.23. The summed E-state index contributed by atoms with van der Waals surface area (Å²) in [6, 6.07) is 6.35. The van der Waals surface area contributed by atoms with Gasteiger partial charge in [-0.1, -0.05) is 11.2 Å².